The molecule has 0 amide bonds. The van der Waals surface area contributed by atoms with Crippen LogP contribution in [0.5, 0.6) is 0 Å². The fourth-order valence-corrected chi connectivity index (χ4v) is 12.3. The number of hydrogen-bond donors (Lipinski definition) is 0. The second-order valence-electron chi connectivity index (χ2n) is 21.9. The number of rotatable bonds is 7. The monoisotopic (exact) mass is 1220 g/mol. The maximum absolute atomic E-state index is 13.8. The molecule has 6 aromatic rings. The highest BCUT2D eigenvalue weighted by molar-refractivity contribution is 9.10. The molecule has 4 saturated heterocycles. The summed E-state index contributed by atoms with van der Waals surface area (Å²) in [4.78, 5) is 22.8. The third-order valence-corrected chi connectivity index (χ3v) is 18.7. The van der Waals surface area contributed by atoms with Crippen LogP contribution in [-0.4, -0.2) is 108 Å². The van der Waals surface area contributed by atoms with Crippen molar-refractivity contribution < 1.29 is 35.5 Å². The first-order valence-corrected chi connectivity index (χ1v) is 34.9. The predicted octanol–water partition coefficient (Wildman–Crippen LogP) is 11.1. The van der Waals surface area contributed by atoms with Gasteiger partial charge in [0.05, 0.1) is 43.0 Å². The van der Waals surface area contributed by atoms with Crippen LogP contribution in [0.2, 0.25) is 0 Å². The van der Waals surface area contributed by atoms with Crippen molar-refractivity contribution in [2.24, 2.45) is 11.8 Å². The van der Waals surface area contributed by atoms with E-state index in [1.54, 1.807) is 60.9 Å². The molecule has 0 N–H and O–H groups in total. The molecule has 0 aliphatic carbocycles. The third kappa shape index (κ3) is 13.6. The lowest BCUT2D eigenvalue weighted by atomic mass is 9.79. The van der Waals surface area contributed by atoms with Crippen LogP contribution in [0.15, 0.2) is 87.8 Å². The van der Waals surface area contributed by atoms with Crippen molar-refractivity contribution in [3.8, 4) is 0 Å². The first-order chi connectivity index (χ1) is 35.0. The highest BCUT2D eigenvalue weighted by Crippen LogP contribution is 2.60. The molecule has 4 aromatic heterocycles. The standard InChI is InChI=1S/C25H33BN4O4S.C19H21BrN4O2S.C6H12BO2.CH4.H6P4/c1-17-9-11-19(12-10-17)35(31,32)30-15-20(26-33-24(3,4)25(5,6)34-26)21-22(27-16-28-23(21)30)29-13-7-8-18(2)14-29;1-13-5-7-15(8-6-13)27(25,26)24-11-16(20)17-18(21-12-22-19(17)24)23-9-3-4-14(2)10-23;1-5(2)6(3,4)9-7-8-5;;1-4(2)3/h9-12,15-16,18H,7-8,13-14H2,1-6H3;5-8,11-12,14H,3-4,9-10H2,1-2H3;1-4H3;1H4;1-3H2. The van der Waals surface area contributed by atoms with Gasteiger partial charge in [-0.05, 0) is 154 Å². The molecular weight excluding hydrogens is 1140 g/mol. The molecule has 4 aliphatic rings. The number of anilines is 2. The van der Waals surface area contributed by atoms with Crippen molar-refractivity contribution in [1.82, 2.24) is 27.9 Å². The van der Waals surface area contributed by atoms with Crippen LogP contribution in [0.25, 0.3) is 22.1 Å². The lowest BCUT2D eigenvalue weighted by Crippen LogP contribution is -2.41. The topological polar surface area (TPSA) is 173 Å². The van der Waals surface area contributed by atoms with Gasteiger partial charge in [0, 0.05) is 48.5 Å². The van der Waals surface area contributed by atoms with Crippen LogP contribution in [0.3, 0.4) is 0 Å². The van der Waals surface area contributed by atoms with Gasteiger partial charge in [-0.25, -0.2) is 44.7 Å². The number of piperidine rings is 2. The molecule has 5 atom stereocenters. The van der Waals surface area contributed by atoms with Gasteiger partial charge in [-0.15, -0.1) is 26.8 Å². The molecule has 1 radical (unpaired) electrons. The Bertz CT molecular complexity index is 3170. The normalized spacial score (nSPS) is 20.7. The number of benzene rings is 2. The molecule has 76 heavy (non-hydrogen) atoms. The number of fused-ring (bicyclic) bond motifs is 2. The van der Waals surface area contributed by atoms with Gasteiger partial charge in [0.1, 0.15) is 24.3 Å². The maximum atomic E-state index is 13.8. The molecule has 10 rings (SSSR count). The van der Waals surface area contributed by atoms with Gasteiger partial charge >= 0.3 is 14.8 Å². The lowest BCUT2D eigenvalue weighted by molar-refractivity contribution is 0.00578. The van der Waals surface area contributed by atoms with Crippen LogP contribution in [0.4, 0.5) is 11.6 Å². The smallest absolute Gasteiger partial charge is 0.405 e. The van der Waals surface area contributed by atoms with Gasteiger partial charge in [0.25, 0.3) is 20.0 Å². The van der Waals surface area contributed by atoms with Crippen molar-refractivity contribution in [1.29, 1.82) is 0 Å². The van der Waals surface area contributed by atoms with Gasteiger partial charge in [0.15, 0.2) is 11.3 Å². The summed E-state index contributed by atoms with van der Waals surface area (Å²) >= 11 is 3.54. The Labute approximate surface area is 469 Å². The molecule has 25 heteroatoms. The minimum Gasteiger partial charge on any atom is -0.405 e. The van der Waals surface area contributed by atoms with Gasteiger partial charge in [0.2, 0.25) is 0 Å². The number of aryl methyl sites for hydroxylation is 2. The molecule has 5 unspecified atom stereocenters. The van der Waals surface area contributed by atoms with Crippen molar-refractivity contribution >= 4 is 124 Å². The number of halogens is 1. The van der Waals surface area contributed by atoms with Crippen molar-refractivity contribution in [3.63, 3.8) is 0 Å². The molecule has 413 valence electrons. The average Bonchev–Trinajstić information content (AvgIpc) is 4.04. The highest BCUT2D eigenvalue weighted by atomic mass is 79.9. The quantitative estimate of drug-likeness (QED) is 0.109. The lowest BCUT2D eigenvalue weighted by Gasteiger charge is -2.32. The SMILES string of the molecule is C.CC1(C)O[B]OC1(C)C.Cc1ccc(S(=O)(=O)n2cc(B3OC(C)(C)C(C)(C)O3)c3c(N4CCCC(C)C4)ncnc32)cc1.Cc1ccc(S(=O)(=O)n2cc(Br)c3c(N4CCCC(C)C4)ncnc32)cc1.PP(P)P. The number of hydrogen-bond acceptors (Lipinski definition) is 14. The Morgan fingerprint density at radius 1 is 0.632 bits per heavy atom. The van der Waals surface area contributed by atoms with E-state index in [2.05, 4.69) is 86.3 Å². The van der Waals surface area contributed by atoms with Gasteiger partial charge in [-0.2, -0.15) is 0 Å². The zero-order valence-corrected chi connectivity index (χ0v) is 52.7. The van der Waals surface area contributed by atoms with Crippen molar-refractivity contribution in [2.45, 2.75) is 148 Å². The average molecular weight is 1220 g/mol. The van der Waals surface area contributed by atoms with E-state index in [9.17, 15) is 16.8 Å². The molecule has 2 aromatic carbocycles. The van der Waals surface area contributed by atoms with E-state index in [0.717, 1.165) is 73.6 Å². The highest BCUT2D eigenvalue weighted by Gasteiger charge is 2.53. The minimum absolute atomic E-state index is 0. The van der Waals surface area contributed by atoms with Crippen LogP contribution in [0, 0.1) is 25.7 Å². The summed E-state index contributed by atoms with van der Waals surface area (Å²) in [5.41, 5.74) is 1.83. The summed E-state index contributed by atoms with van der Waals surface area (Å²) in [6, 6.07) is 13.7. The number of nitrogens with zero attached hydrogens (tertiary/aromatic N) is 8. The van der Waals surface area contributed by atoms with Gasteiger partial charge in [-0.1, -0.05) is 56.7 Å². The molecule has 8 heterocycles. The van der Waals surface area contributed by atoms with Gasteiger partial charge < -0.3 is 28.4 Å². The molecule has 0 bridgehead atoms. The van der Waals surface area contributed by atoms with E-state index < -0.39 is 38.4 Å². The van der Waals surface area contributed by atoms with Gasteiger partial charge in [-0.3, -0.25) is 0 Å². The van der Waals surface area contributed by atoms with Crippen molar-refractivity contribution in [3.05, 3.63) is 89.2 Å². The van der Waals surface area contributed by atoms with E-state index in [1.807, 2.05) is 69.2 Å². The van der Waals surface area contributed by atoms with Crippen LogP contribution in [-0.2, 0) is 38.7 Å². The summed E-state index contributed by atoms with van der Waals surface area (Å²) in [6.07, 6.45) is 10.6. The largest absolute Gasteiger partial charge is 0.497 e. The van der Waals surface area contributed by atoms with Crippen LogP contribution in [0.1, 0.15) is 113 Å². The van der Waals surface area contributed by atoms with E-state index in [1.165, 1.54) is 34.7 Å². The van der Waals surface area contributed by atoms with Crippen LogP contribution < -0.4 is 15.3 Å². The summed E-state index contributed by atoms with van der Waals surface area (Å²) in [5.74, 6) is 2.62. The van der Waals surface area contributed by atoms with E-state index in [0.29, 0.717) is 38.5 Å². The summed E-state index contributed by atoms with van der Waals surface area (Å²) < 4.78 is 80.3. The molecular formula is C51H76B2BrN8O8P4S2. The molecule has 0 saturated carbocycles. The first-order valence-electron chi connectivity index (χ1n) is 25.1. The second-order valence-corrected chi connectivity index (χ2v) is 38.0. The Hall–Kier alpha value is -2.65. The molecule has 0 spiro atoms. The first kappa shape index (κ1) is 62.5. The zero-order chi connectivity index (χ0) is 55.1. The van der Waals surface area contributed by atoms with Crippen molar-refractivity contribution in [2.75, 3.05) is 36.0 Å². The Balaban J connectivity index is 0.000000201. The maximum Gasteiger partial charge on any atom is 0.497 e. The zero-order valence-electron chi connectivity index (χ0n) is 45.1. The Kier molecular flexibility index (Phi) is 20.2. The summed E-state index contributed by atoms with van der Waals surface area (Å²) in [5, 5.41) is 1.40. The van der Waals surface area contributed by atoms with Crippen LogP contribution >= 0.6 is 49.7 Å². The minimum atomic E-state index is -3.91. The third-order valence-electron chi connectivity index (χ3n) is 14.8. The summed E-state index contributed by atoms with van der Waals surface area (Å²) in [7, 11) is 0.963. The Morgan fingerprint density at radius 3 is 1.39 bits per heavy atom. The Morgan fingerprint density at radius 2 is 1.01 bits per heavy atom. The van der Waals surface area contributed by atoms with E-state index in [-0.39, 0.29) is 35.4 Å². The molecule has 4 aliphatic heterocycles. The fourth-order valence-electron chi connectivity index (χ4n) is 8.98. The molecule has 16 nitrogen and oxygen atoms in total. The summed E-state index contributed by atoms with van der Waals surface area (Å²) in [6.45, 7) is 28.0. The fraction of sp³-hybridized carbons (Fsp3) is 0.529. The predicted molar refractivity (Wildman–Crippen MR) is 326 cm³/mol. The van der Waals surface area contributed by atoms with E-state index >= 15 is 0 Å². The second kappa shape index (κ2) is 24.6. The van der Waals surface area contributed by atoms with E-state index in [4.69, 9.17) is 18.6 Å². The molecule has 4 fully saturated rings. The number of aromatic nitrogens is 6.